The van der Waals surface area contributed by atoms with Crippen LogP contribution in [0.5, 0.6) is 0 Å². The van der Waals surface area contributed by atoms with Crippen LogP contribution in [0.4, 0.5) is 9.18 Å². The summed E-state index contributed by atoms with van der Waals surface area (Å²) in [4.78, 5) is 13.2. The maximum absolute atomic E-state index is 13.1. The van der Waals surface area contributed by atoms with E-state index in [2.05, 4.69) is 22.6 Å². The van der Waals surface area contributed by atoms with Gasteiger partial charge < -0.3 is 9.64 Å². The molecule has 0 spiro atoms. The van der Waals surface area contributed by atoms with Crippen LogP contribution in [0.1, 0.15) is 26.3 Å². The number of benzene rings is 1. The molecular weight excluding hydrogens is 348 g/mol. The SMILES string of the molecule is CN(Cc1cc(F)ccc1I)C(=O)OC(C)(C)C. The molecular formula is C13H17FINO2. The fourth-order valence-electron chi connectivity index (χ4n) is 1.32. The number of carbonyl (C=O) groups excluding carboxylic acids is 1. The van der Waals surface area contributed by atoms with E-state index in [1.165, 1.54) is 17.0 Å². The van der Waals surface area contributed by atoms with E-state index in [9.17, 15) is 9.18 Å². The molecule has 1 aromatic rings. The van der Waals surface area contributed by atoms with E-state index in [1.807, 2.05) is 20.8 Å². The van der Waals surface area contributed by atoms with E-state index in [1.54, 1.807) is 13.1 Å². The third-order valence-corrected chi connectivity index (χ3v) is 3.17. The molecule has 18 heavy (non-hydrogen) atoms. The predicted molar refractivity (Wildman–Crippen MR) is 76.8 cm³/mol. The normalized spacial score (nSPS) is 11.2. The van der Waals surface area contributed by atoms with Gasteiger partial charge >= 0.3 is 6.09 Å². The number of amides is 1. The summed E-state index contributed by atoms with van der Waals surface area (Å²) in [5.41, 5.74) is 0.240. The van der Waals surface area contributed by atoms with Gasteiger partial charge in [-0.15, -0.1) is 0 Å². The molecule has 0 aliphatic carbocycles. The lowest BCUT2D eigenvalue weighted by Crippen LogP contribution is -2.34. The maximum Gasteiger partial charge on any atom is 0.410 e. The van der Waals surface area contributed by atoms with Crippen LogP contribution in [0.3, 0.4) is 0 Å². The lowest BCUT2D eigenvalue weighted by atomic mass is 10.2. The van der Waals surface area contributed by atoms with Crippen molar-refractivity contribution in [3.8, 4) is 0 Å². The zero-order valence-electron chi connectivity index (χ0n) is 11.0. The molecule has 0 bridgehead atoms. The van der Waals surface area contributed by atoms with Gasteiger partial charge in [-0.2, -0.15) is 0 Å². The van der Waals surface area contributed by atoms with Gasteiger partial charge in [-0.1, -0.05) is 0 Å². The minimum Gasteiger partial charge on any atom is -0.444 e. The highest BCUT2D eigenvalue weighted by Crippen LogP contribution is 2.17. The Labute approximate surface area is 120 Å². The van der Waals surface area contributed by atoms with Gasteiger partial charge in [-0.25, -0.2) is 9.18 Å². The first-order valence-corrected chi connectivity index (χ1v) is 6.65. The second kappa shape index (κ2) is 5.86. The van der Waals surface area contributed by atoms with Crippen molar-refractivity contribution in [2.24, 2.45) is 0 Å². The molecule has 0 radical (unpaired) electrons. The Bertz CT molecular complexity index is 443. The quantitative estimate of drug-likeness (QED) is 0.747. The zero-order chi connectivity index (χ0) is 13.9. The van der Waals surface area contributed by atoms with Gasteiger partial charge in [0, 0.05) is 17.2 Å². The molecule has 0 saturated carbocycles. The molecule has 0 unspecified atom stereocenters. The summed E-state index contributed by atoms with van der Waals surface area (Å²) >= 11 is 2.12. The highest BCUT2D eigenvalue weighted by atomic mass is 127. The molecule has 0 aromatic heterocycles. The second-order valence-electron chi connectivity index (χ2n) is 5.07. The first-order valence-electron chi connectivity index (χ1n) is 5.57. The van der Waals surface area contributed by atoms with Crippen LogP contribution >= 0.6 is 22.6 Å². The third-order valence-electron chi connectivity index (χ3n) is 2.12. The molecule has 1 aromatic carbocycles. The van der Waals surface area contributed by atoms with E-state index in [0.717, 1.165) is 9.13 Å². The molecule has 100 valence electrons. The van der Waals surface area contributed by atoms with E-state index in [0.29, 0.717) is 6.54 Å². The Morgan fingerprint density at radius 2 is 2.06 bits per heavy atom. The summed E-state index contributed by atoms with van der Waals surface area (Å²) in [7, 11) is 1.63. The molecule has 0 fully saturated rings. The van der Waals surface area contributed by atoms with Crippen molar-refractivity contribution in [2.45, 2.75) is 32.9 Å². The fraction of sp³-hybridized carbons (Fsp3) is 0.462. The summed E-state index contributed by atoms with van der Waals surface area (Å²) in [5, 5.41) is 0. The van der Waals surface area contributed by atoms with Crippen molar-refractivity contribution in [2.75, 3.05) is 7.05 Å². The van der Waals surface area contributed by atoms with Crippen molar-refractivity contribution in [1.82, 2.24) is 4.90 Å². The first kappa shape index (κ1) is 15.2. The van der Waals surface area contributed by atoms with Crippen LogP contribution < -0.4 is 0 Å². The van der Waals surface area contributed by atoms with Crippen molar-refractivity contribution >= 4 is 28.7 Å². The summed E-state index contributed by atoms with van der Waals surface area (Å²) in [6, 6.07) is 4.52. The van der Waals surface area contributed by atoms with Crippen LogP contribution in [0.15, 0.2) is 18.2 Å². The number of nitrogens with zero attached hydrogens (tertiary/aromatic N) is 1. The molecule has 0 aliphatic rings. The van der Waals surface area contributed by atoms with Crippen LogP contribution in [-0.4, -0.2) is 23.6 Å². The number of halogens is 2. The highest BCUT2D eigenvalue weighted by molar-refractivity contribution is 14.1. The molecule has 0 saturated heterocycles. The summed E-state index contributed by atoms with van der Waals surface area (Å²) < 4.78 is 19.3. The number of carbonyl (C=O) groups is 1. The van der Waals surface area contributed by atoms with E-state index < -0.39 is 11.7 Å². The van der Waals surface area contributed by atoms with Crippen molar-refractivity contribution in [1.29, 1.82) is 0 Å². The number of hydrogen-bond acceptors (Lipinski definition) is 2. The Kier molecular flexibility index (Phi) is 4.95. The van der Waals surface area contributed by atoms with Gasteiger partial charge in [-0.3, -0.25) is 0 Å². The van der Waals surface area contributed by atoms with E-state index in [-0.39, 0.29) is 5.82 Å². The lowest BCUT2D eigenvalue weighted by Gasteiger charge is -2.25. The zero-order valence-corrected chi connectivity index (χ0v) is 13.1. The lowest BCUT2D eigenvalue weighted by molar-refractivity contribution is 0.0284. The van der Waals surface area contributed by atoms with Gasteiger partial charge in [0.05, 0.1) is 0 Å². The average molecular weight is 365 g/mol. The van der Waals surface area contributed by atoms with Crippen molar-refractivity contribution in [3.05, 3.63) is 33.1 Å². The molecule has 0 aliphatic heterocycles. The van der Waals surface area contributed by atoms with Crippen molar-refractivity contribution < 1.29 is 13.9 Å². The molecule has 0 heterocycles. The molecule has 1 amide bonds. The van der Waals surface area contributed by atoms with Crippen LogP contribution in [-0.2, 0) is 11.3 Å². The Morgan fingerprint density at radius 1 is 1.44 bits per heavy atom. The average Bonchev–Trinajstić information content (AvgIpc) is 2.21. The van der Waals surface area contributed by atoms with Crippen molar-refractivity contribution in [3.63, 3.8) is 0 Å². The minimum atomic E-state index is -0.527. The summed E-state index contributed by atoms with van der Waals surface area (Å²) in [6.45, 7) is 5.75. The van der Waals surface area contributed by atoms with Gasteiger partial charge in [-0.05, 0) is 67.1 Å². The third kappa shape index (κ3) is 4.80. The molecule has 1 rings (SSSR count). The van der Waals surface area contributed by atoms with Crippen LogP contribution in [0.25, 0.3) is 0 Å². The van der Waals surface area contributed by atoms with Crippen LogP contribution in [0.2, 0.25) is 0 Å². The Hall–Kier alpha value is -0.850. The number of hydrogen-bond donors (Lipinski definition) is 0. The molecule has 5 heteroatoms. The topological polar surface area (TPSA) is 29.5 Å². The fourth-order valence-corrected chi connectivity index (χ4v) is 1.83. The standard InChI is InChI=1S/C13H17FINO2/c1-13(2,3)18-12(17)16(4)8-9-7-10(14)5-6-11(9)15/h5-7H,8H2,1-4H3. The smallest absolute Gasteiger partial charge is 0.410 e. The minimum absolute atomic E-state index is 0.303. The highest BCUT2D eigenvalue weighted by Gasteiger charge is 2.20. The van der Waals surface area contributed by atoms with E-state index >= 15 is 0 Å². The van der Waals surface area contributed by atoms with Gasteiger partial charge in [0.2, 0.25) is 0 Å². The van der Waals surface area contributed by atoms with Gasteiger partial charge in [0.15, 0.2) is 0 Å². The second-order valence-corrected chi connectivity index (χ2v) is 6.23. The van der Waals surface area contributed by atoms with E-state index in [4.69, 9.17) is 4.74 Å². The summed E-state index contributed by atoms with van der Waals surface area (Å²) in [5.74, 6) is -0.303. The number of rotatable bonds is 2. The predicted octanol–water partition coefficient (Wildman–Crippen LogP) is 3.80. The molecule has 3 nitrogen and oxygen atoms in total. The summed E-state index contributed by atoms with van der Waals surface area (Å²) in [6.07, 6.45) is -0.414. The van der Waals surface area contributed by atoms with Crippen LogP contribution in [0, 0.1) is 9.39 Å². The van der Waals surface area contributed by atoms with Gasteiger partial charge in [0.25, 0.3) is 0 Å². The molecule has 0 atom stereocenters. The maximum atomic E-state index is 13.1. The number of ether oxygens (including phenoxy) is 1. The molecule has 0 N–H and O–H groups in total. The van der Waals surface area contributed by atoms with Gasteiger partial charge in [0.1, 0.15) is 11.4 Å². The largest absolute Gasteiger partial charge is 0.444 e. The Balaban J connectivity index is 2.72. The monoisotopic (exact) mass is 365 g/mol. The first-order chi connectivity index (χ1) is 8.19. The Morgan fingerprint density at radius 3 is 2.61 bits per heavy atom.